The van der Waals surface area contributed by atoms with E-state index in [9.17, 15) is 14.4 Å². The highest BCUT2D eigenvalue weighted by atomic mass is 16.6. The number of ether oxygens (including phenoxy) is 3. The van der Waals surface area contributed by atoms with E-state index in [0.29, 0.717) is 5.56 Å². The molecule has 3 N–H and O–H groups in total. The third kappa shape index (κ3) is 7.79. The van der Waals surface area contributed by atoms with Gasteiger partial charge in [0.15, 0.2) is 6.04 Å². The maximum absolute atomic E-state index is 12.4. The second-order valence-corrected chi connectivity index (χ2v) is 7.07. The number of nitrogens with one attached hydrogen (secondary N) is 1. The van der Waals surface area contributed by atoms with Crippen molar-refractivity contribution in [3.63, 3.8) is 0 Å². The normalized spacial score (nSPS) is 14.2. The molecular weight excluding hydrogens is 364 g/mol. The fraction of sp³-hybridized carbons (Fsp3) is 0.450. The predicted molar refractivity (Wildman–Crippen MR) is 103 cm³/mol. The molecule has 1 amide bonds. The lowest BCUT2D eigenvalue weighted by Crippen LogP contribution is -2.51. The van der Waals surface area contributed by atoms with Crippen LogP contribution in [-0.4, -0.2) is 42.4 Å². The molecule has 154 valence electrons. The molecule has 0 heterocycles. The average molecular weight is 392 g/mol. The maximum atomic E-state index is 12.4. The highest BCUT2D eigenvalue weighted by Crippen LogP contribution is 2.14. The molecular formula is C20H28N2O6. The molecule has 8 nitrogen and oxygen atoms in total. The molecule has 0 fully saturated rings. The van der Waals surface area contributed by atoms with E-state index in [2.05, 4.69) is 11.9 Å². The molecule has 0 saturated carbocycles. The van der Waals surface area contributed by atoms with Gasteiger partial charge >= 0.3 is 18.0 Å². The van der Waals surface area contributed by atoms with Crippen LogP contribution < -0.4 is 11.1 Å². The number of alkyl carbamates (subject to hydrolysis) is 1. The maximum Gasteiger partial charge on any atom is 0.408 e. The lowest BCUT2D eigenvalue weighted by Gasteiger charge is -2.26. The van der Waals surface area contributed by atoms with Crippen molar-refractivity contribution in [3.8, 4) is 0 Å². The Balaban J connectivity index is 2.86. The van der Waals surface area contributed by atoms with Gasteiger partial charge in [0.05, 0.1) is 0 Å². The van der Waals surface area contributed by atoms with E-state index >= 15 is 0 Å². The molecule has 1 rings (SSSR count). The number of amides is 1. The molecule has 1 aromatic carbocycles. The van der Waals surface area contributed by atoms with Gasteiger partial charge in [0.25, 0.3) is 0 Å². The summed E-state index contributed by atoms with van der Waals surface area (Å²) in [4.78, 5) is 36.7. The second kappa shape index (κ2) is 10.5. The molecule has 0 aliphatic heterocycles. The number of rotatable bonds is 8. The summed E-state index contributed by atoms with van der Waals surface area (Å²) < 4.78 is 15.4. The number of carbonyl (C=O) groups is 3. The minimum Gasteiger partial charge on any atom is -0.460 e. The summed E-state index contributed by atoms with van der Waals surface area (Å²) in [6, 6.07) is 6.34. The van der Waals surface area contributed by atoms with Crippen LogP contribution in [0.2, 0.25) is 0 Å². The highest BCUT2D eigenvalue weighted by molar-refractivity contribution is 5.83. The standard InChI is InChI=1S/C20H28N2O6/c1-6-12-26-18(24)16(22-19(25)28-20(3,4)5)13(2)27-17(23)15(21)14-10-8-7-9-11-14/h6-11,13,15-16H,1,12,21H2,2-5H3,(H,22,25)/t13-,15+,16+/m1/s1. The first-order valence-electron chi connectivity index (χ1n) is 8.83. The molecule has 0 saturated heterocycles. The molecule has 1 aromatic rings. The number of hydrogen-bond acceptors (Lipinski definition) is 7. The Bertz CT molecular complexity index is 684. The van der Waals surface area contributed by atoms with Crippen molar-refractivity contribution in [2.75, 3.05) is 6.61 Å². The van der Waals surface area contributed by atoms with Crippen molar-refractivity contribution in [1.82, 2.24) is 5.32 Å². The van der Waals surface area contributed by atoms with Crippen LogP contribution in [0.15, 0.2) is 43.0 Å². The fourth-order valence-corrected chi connectivity index (χ4v) is 2.15. The minimum atomic E-state index is -1.28. The third-order valence-electron chi connectivity index (χ3n) is 3.45. The second-order valence-electron chi connectivity index (χ2n) is 7.07. The van der Waals surface area contributed by atoms with Crippen LogP contribution in [0.3, 0.4) is 0 Å². The van der Waals surface area contributed by atoms with Gasteiger partial charge in [-0.15, -0.1) is 0 Å². The summed E-state index contributed by atoms with van der Waals surface area (Å²) in [5.41, 5.74) is 5.70. The van der Waals surface area contributed by atoms with Gasteiger partial charge < -0.3 is 25.3 Å². The number of nitrogens with two attached hydrogens (primary N) is 1. The zero-order valence-electron chi connectivity index (χ0n) is 16.6. The lowest BCUT2D eigenvalue weighted by atomic mass is 10.1. The molecule has 0 aliphatic rings. The largest absolute Gasteiger partial charge is 0.460 e. The van der Waals surface area contributed by atoms with Crippen LogP contribution >= 0.6 is 0 Å². The van der Waals surface area contributed by atoms with Gasteiger partial charge in [-0.2, -0.15) is 0 Å². The van der Waals surface area contributed by atoms with Gasteiger partial charge in [0, 0.05) is 0 Å². The first-order chi connectivity index (χ1) is 13.0. The SMILES string of the molecule is C=CCOC(=O)[C@@H](NC(=O)OC(C)(C)C)[C@@H](C)OC(=O)[C@@H](N)c1ccccc1. The predicted octanol–water partition coefficient (Wildman–Crippen LogP) is 2.24. The Morgan fingerprint density at radius 2 is 1.79 bits per heavy atom. The molecule has 0 radical (unpaired) electrons. The van der Waals surface area contributed by atoms with Crippen molar-refractivity contribution in [1.29, 1.82) is 0 Å². The van der Waals surface area contributed by atoms with Gasteiger partial charge in [-0.1, -0.05) is 43.0 Å². The highest BCUT2D eigenvalue weighted by Gasteiger charge is 2.33. The summed E-state index contributed by atoms with van der Waals surface area (Å²) in [5.74, 6) is -1.54. The number of hydrogen-bond donors (Lipinski definition) is 2. The van der Waals surface area contributed by atoms with E-state index in [4.69, 9.17) is 19.9 Å². The quantitative estimate of drug-likeness (QED) is 0.396. The number of benzene rings is 1. The molecule has 0 aromatic heterocycles. The van der Waals surface area contributed by atoms with Crippen molar-refractivity contribution < 1.29 is 28.6 Å². The molecule has 0 unspecified atom stereocenters. The van der Waals surface area contributed by atoms with Gasteiger partial charge in [-0.05, 0) is 33.3 Å². The molecule has 8 heteroatoms. The Labute approximate surface area is 165 Å². The Hall–Kier alpha value is -2.87. The number of carbonyl (C=O) groups excluding carboxylic acids is 3. The van der Waals surface area contributed by atoms with Crippen LogP contribution in [0.25, 0.3) is 0 Å². The van der Waals surface area contributed by atoms with E-state index in [0.717, 1.165) is 0 Å². The van der Waals surface area contributed by atoms with Gasteiger partial charge in [-0.3, -0.25) is 0 Å². The van der Waals surface area contributed by atoms with E-state index in [1.54, 1.807) is 51.1 Å². The van der Waals surface area contributed by atoms with Gasteiger partial charge in [0.1, 0.15) is 24.4 Å². The fourth-order valence-electron chi connectivity index (χ4n) is 2.15. The number of esters is 2. The topological polar surface area (TPSA) is 117 Å². The van der Waals surface area contributed by atoms with Crippen LogP contribution in [0, 0.1) is 0 Å². The van der Waals surface area contributed by atoms with Crippen molar-refractivity contribution >= 4 is 18.0 Å². The molecule has 0 spiro atoms. The van der Waals surface area contributed by atoms with E-state index in [1.807, 2.05) is 0 Å². The zero-order valence-corrected chi connectivity index (χ0v) is 16.6. The van der Waals surface area contributed by atoms with Crippen LogP contribution in [0.5, 0.6) is 0 Å². The van der Waals surface area contributed by atoms with Crippen molar-refractivity contribution in [2.45, 2.75) is 51.5 Å². The molecule has 28 heavy (non-hydrogen) atoms. The summed E-state index contributed by atoms with van der Waals surface area (Å²) in [6.45, 7) is 9.89. The van der Waals surface area contributed by atoms with Gasteiger partial charge in [0.2, 0.25) is 0 Å². The van der Waals surface area contributed by atoms with Crippen LogP contribution in [0.4, 0.5) is 4.79 Å². The van der Waals surface area contributed by atoms with Crippen LogP contribution in [0.1, 0.15) is 39.3 Å². The summed E-state index contributed by atoms with van der Waals surface area (Å²) in [6.07, 6.45) is -0.514. The first kappa shape index (κ1) is 23.2. The van der Waals surface area contributed by atoms with Crippen molar-refractivity contribution in [2.24, 2.45) is 5.73 Å². The Kier molecular flexibility index (Phi) is 8.66. The lowest BCUT2D eigenvalue weighted by molar-refractivity contribution is -0.158. The Morgan fingerprint density at radius 3 is 2.32 bits per heavy atom. The third-order valence-corrected chi connectivity index (χ3v) is 3.45. The van der Waals surface area contributed by atoms with E-state index in [-0.39, 0.29) is 6.61 Å². The molecule has 0 aliphatic carbocycles. The van der Waals surface area contributed by atoms with Gasteiger partial charge in [-0.25, -0.2) is 14.4 Å². The monoisotopic (exact) mass is 392 g/mol. The summed E-state index contributed by atoms with van der Waals surface area (Å²) >= 11 is 0. The van der Waals surface area contributed by atoms with Crippen molar-refractivity contribution in [3.05, 3.63) is 48.6 Å². The molecule has 0 bridgehead atoms. The summed E-state index contributed by atoms with van der Waals surface area (Å²) in [7, 11) is 0. The smallest absolute Gasteiger partial charge is 0.408 e. The zero-order chi connectivity index (χ0) is 21.3. The molecule has 3 atom stereocenters. The Morgan fingerprint density at radius 1 is 1.18 bits per heavy atom. The van der Waals surface area contributed by atoms with E-state index in [1.165, 1.54) is 13.0 Å². The first-order valence-corrected chi connectivity index (χ1v) is 8.83. The summed E-state index contributed by atoms with van der Waals surface area (Å²) in [5, 5.41) is 2.38. The minimum absolute atomic E-state index is 0.0600. The average Bonchev–Trinajstić information content (AvgIpc) is 2.62. The van der Waals surface area contributed by atoms with E-state index < -0.39 is 41.8 Å². The van der Waals surface area contributed by atoms with Crippen LogP contribution in [-0.2, 0) is 23.8 Å².